The molecule has 6 nitrogen and oxygen atoms in total. The molecule has 1 N–H and O–H groups in total. The van der Waals surface area contributed by atoms with Crippen LogP contribution in [0.1, 0.15) is 49.1 Å². The number of ether oxygens (including phenoxy) is 3. The van der Waals surface area contributed by atoms with Gasteiger partial charge < -0.3 is 19.3 Å². The van der Waals surface area contributed by atoms with Crippen LogP contribution in [0.5, 0.6) is 0 Å². The van der Waals surface area contributed by atoms with E-state index >= 15 is 0 Å². The number of benzene rings is 2. The maximum atomic E-state index is 13.3. The predicted octanol–water partition coefficient (Wildman–Crippen LogP) is 4.35. The molecular formula is C28H33NO5. The van der Waals surface area contributed by atoms with Crippen LogP contribution in [0.2, 0.25) is 0 Å². The summed E-state index contributed by atoms with van der Waals surface area (Å²) in [5, 5.41) is 11.5. The number of hydrogen-bond donors (Lipinski definition) is 1. The molecule has 3 heterocycles. The monoisotopic (exact) mass is 463 g/mol. The van der Waals surface area contributed by atoms with Crippen molar-refractivity contribution in [1.82, 2.24) is 4.90 Å². The maximum absolute atomic E-state index is 13.3. The molecule has 0 saturated carbocycles. The molecule has 3 fully saturated rings. The van der Waals surface area contributed by atoms with Crippen molar-refractivity contribution < 1.29 is 24.1 Å². The van der Waals surface area contributed by atoms with E-state index < -0.39 is 5.60 Å². The van der Waals surface area contributed by atoms with E-state index in [4.69, 9.17) is 14.2 Å². The maximum Gasteiger partial charge on any atom is 0.410 e. The van der Waals surface area contributed by atoms with Gasteiger partial charge in [-0.05, 0) is 60.3 Å². The molecule has 6 rings (SSSR count). The molecule has 0 spiro atoms. The van der Waals surface area contributed by atoms with E-state index in [9.17, 15) is 9.90 Å². The Hall–Kier alpha value is -2.41. The summed E-state index contributed by atoms with van der Waals surface area (Å²) < 4.78 is 17.2. The minimum Gasteiger partial charge on any atom is -0.448 e. The first-order valence-corrected chi connectivity index (χ1v) is 12.6. The van der Waals surface area contributed by atoms with Crippen LogP contribution in [0.15, 0.2) is 48.5 Å². The minimum absolute atomic E-state index is 0.0442. The molecule has 2 aromatic rings. The Morgan fingerprint density at radius 2 is 1.53 bits per heavy atom. The zero-order valence-electron chi connectivity index (χ0n) is 19.5. The first kappa shape index (κ1) is 22.1. The van der Waals surface area contributed by atoms with Crippen molar-refractivity contribution in [2.45, 2.75) is 55.7 Å². The second kappa shape index (κ2) is 8.99. The van der Waals surface area contributed by atoms with Gasteiger partial charge in [0.1, 0.15) is 6.61 Å². The number of aliphatic hydroxyl groups is 1. The number of nitrogens with zero attached hydrogens (tertiary/aromatic N) is 1. The molecule has 2 unspecified atom stereocenters. The first-order chi connectivity index (χ1) is 16.6. The molecular weight excluding hydrogens is 430 g/mol. The summed E-state index contributed by atoms with van der Waals surface area (Å²) in [6.07, 6.45) is 3.60. The molecule has 1 amide bonds. The van der Waals surface area contributed by atoms with Crippen LogP contribution in [-0.4, -0.2) is 66.8 Å². The van der Waals surface area contributed by atoms with Crippen molar-refractivity contribution in [2.75, 3.05) is 33.0 Å². The quantitative estimate of drug-likeness (QED) is 0.730. The Morgan fingerprint density at radius 3 is 2.15 bits per heavy atom. The Bertz CT molecular complexity index is 989. The van der Waals surface area contributed by atoms with Crippen molar-refractivity contribution in [1.29, 1.82) is 0 Å². The van der Waals surface area contributed by atoms with Crippen LogP contribution in [-0.2, 0) is 14.2 Å². The van der Waals surface area contributed by atoms with Crippen LogP contribution < -0.4 is 0 Å². The lowest BCUT2D eigenvalue weighted by atomic mass is 9.75. The molecule has 0 radical (unpaired) electrons. The van der Waals surface area contributed by atoms with E-state index in [1.54, 1.807) is 0 Å². The van der Waals surface area contributed by atoms with Gasteiger partial charge >= 0.3 is 6.09 Å². The Balaban J connectivity index is 1.15. The standard InChI is InChI=1S/C28H33NO5/c30-27(34-18-26-24-7-3-1-5-22(24)23-6-2-4-8-25(23)26)29-20-14-28(31,15-21(29)17-33-16-20)13-19-9-11-32-12-10-19/h1-8,19-21,26,31H,9-18H2. The smallest absolute Gasteiger partial charge is 0.410 e. The third-order valence-corrected chi connectivity index (χ3v) is 8.19. The van der Waals surface area contributed by atoms with Gasteiger partial charge in [0.25, 0.3) is 0 Å². The van der Waals surface area contributed by atoms with Gasteiger partial charge in [-0.25, -0.2) is 4.79 Å². The molecule has 2 bridgehead atoms. The van der Waals surface area contributed by atoms with Crippen LogP contribution in [0.25, 0.3) is 11.1 Å². The Morgan fingerprint density at radius 1 is 0.941 bits per heavy atom. The molecule has 3 aliphatic heterocycles. The molecule has 180 valence electrons. The zero-order valence-corrected chi connectivity index (χ0v) is 19.5. The first-order valence-electron chi connectivity index (χ1n) is 12.6. The number of rotatable bonds is 4. The van der Waals surface area contributed by atoms with Crippen molar-refractivity contribution in [3.05, 3.63) is 59.7 Å². The fraction of sp³-hybridized carbons (Fsp3) is 0.536. The minimum atomic E-state index is -0.749. The van der Waals surface area contributed by atoms with Crippen molar-refractivity contribution >= 4 is 6.09 Å². The molecule has 34 heavy (non-hydrogen) atoms. The van der Waals surface area contributed by atoms with Crippen LogP contribution in [0.4, 0.5) is 4.79 Å². The van der Waals surface area contributed by atoms with Crippen molar-refractivity contribution in [3.8, 4) is 11.1 Å². The van der Waals surface area contributed by atoms with E-state index in [0.29, 0.717) is 38.6 Å². The van der Waals surface area contributed by atoms with Crippen molar-refractivity contribution in [3.63, 3.8) is 0 Å². The van der Waals surface area contributed by atoms with Crippen LogP contribution >= 0.6 is 0 Å². The summed E-state index contributed by atoms with van der Waals surface area (Å²) in [7, 11) is 0. The molecule has 3 saturated heterocycles. The van der Waals surface area contributed by atoms with Gasteiger partial charge in [0, 0.05) is 19.1 Å². The van der Waals surface area contributed by atoms with E-state index in [2.05, 4.69) is 36.4 Å². The van der Waals surface area contributed by atoms with Gasteiger partial charge in [-0.2, -0.15) is 0 Å². The summed E-state index contributed by atoms with van der Waals surface area (Å²) >= 11 is 0. The van der Waals surface area contributed by atoms with Gasteiger partial charge in [-0.1, -0.05) is 48.5 Å². The fourth-order valence-corrected chi connectivity index (χ4v) is 6.70. The number of carbonyl (C=O) groups excluding carboxylic acids is 1. The molecule has 4 aliphatic rings. The second-order valence-electron chi connectivity index (χ2n) is 10.4. The summed E-state index contributed by atoms with van der Waals surface area (Å²) in [5.41, 5.74) is 4.12. The van der Waals surface area contributed by atoms with Gasteiger partial charge in [0.2, 0.25) is 0 Å². The average Bonchev–Trinajstić information content (AvgIpc) is 3.16. The topological polar surface area (TPSA) is 68.2 Å². The number of hydrogen-bond acceptors (Lipinski definition) is 5. The normalized spacial score (nSPS) is 28.9. The zero-order chi connectivity index (χ0) is 23.1. The molecule has 6 heteroatoms. The highest BCUT2D eigenvalue weighted by Crippen LogP contribution is 2.45. The summed E-state index contributed by atoms with van der Waals surface area (Å²) in [6.45, 7) is 2.79. The number of piperidine rings is 1. The second-order valence-corrected chi connectivity index (χ2v) is 10.4. The van der Waals surface area contributed by atoms with Crippen molar-refractivity contribution in [2.24, 2.45) is 5.92 Å². The molecule has 0 aromatic heterocycles. The molecule has 2 aromatic carbocycles. The summed E-state index contributed by atoms with van der Waals surface area (Å²) in [6, 6.07) is 16.5. The highest BCUT2D eigenvalue weighted by atomic mass is 16.6. The predicted molar refractivity (Wildman–Crippen MR) is 128 cm³/mol. The number of amides is 1. The van der Waals surface area contributed by atoms with E-state index in [0.717, 1.165) is 32.5 Å². The lowest BCUT2D eigenvalue weighted by Gasteiger charge is -2.51. The lowest BCUT2D eigenvalue weighted by Crippen LogP contribution is -2.63. The van der Waals surface area contributed by atoms with Gasteiger partial charge in [-0.3, -0.25) is 4.90 Å². The van der Waals surface area contributed by atoms with Gasteiger partial charge in [0.15, 0.2) is 0 Å². The van der Waals surface area contributed by atoms with Gasteiger partial charge in [0.05, 0.1) is 30.9 Å². The number of carbonyl (C=O) groups is 1. The third kappa shape index (κ3) is 4.02. The summed E-state index contributed by atoms with van der Waals surface area (Å²) in [4.78, 5) is 15.2. The average molecular weight is 464 g/mol. The van der Waals surface area contributed by atoms with Gasteiger partial charge in [-0.15, -0.1) is 0 Å². The number of fused-ring (bicyclic) bond motifs is 5. The van der Waals surface area contributed by atoms with E-state index in [1.165, 1.54) is 22.3 Å². The highest BCUT2D eigenvalue weighted by molar-refractivity contribution is 5.79. The molecule has 2 atom stereocenters. The van der Waals surface area contributed by atoms with E-state index in [1.807, 2.05) is 17.0 Å². The van der Waals surface area contributed by atoms with Crippen LogP contribution in [0.3, 0.4) is 0 Å². The SMILES string of the molecule is O=C(OCC1c2ccccc2-c2ccccc21)N1C2COCC1CC(O)(CC1CCOCC1)C2. The molecule has 1 aliphatic carbocycles. The fourth-order valence-electron chi connectivity index (χ4n) is 6.70. The highest BCUT2D eigenvalue weighted by Gasteiger charge is 2.49. The lowest BCUT2D eigenvalue weighted by molar-refractivity contribution is -0.142. The third-order valence-electron chi connectivity index (χ3n) is 8.19. The summed E-state index contributed by atoms with van der Waals surface area (Å²) in [5.74, 6) is 0.532. The largest absolute Gasteiger partial charge is 0.448 e. The van der Waals surface area contributed by atoms with Crippen LogP contribution in [0, 0.1) is 5.92 Å². The van der Waals surface area contributed by atoms with E-state index in [-0.39, 0.29) is 24.1 Å². The Labute approximate surface area is 200 Å². The number of morpholine rings is 1. The Kier molecular flexibility index (Phi) is 5.84.